The molecule has 1 unspecified atom stereocenters. The molecule has 0 aliphatic heterocycles. The van der Waals surface area contributed by atoms with Gasteiger partial charge in [0.25, 0.3) is 0 Å². The zero-order valence-corrected chi connectivity index (χ0v) is 11.1. The Hall–Kier alpha value is -1.32. The maximum atomic E-state index is 13.9. The summed E-state index contributed by atoms with van der Waals surface area (Å²) < 4.78 is 19.3. The fourth-order valence-electron chi connectivity index (χ4n) is 1.94. The molecular weight excluding hydrogens is 253 g/mol. The topological polar surface area (TPSA) is 25.2 Å². The average Bonchev–Trinajstić information content (AvgIpc) is 2.76. The molecule has 1 aromatic heterocycles. The lowest BCUT2D eigenvalue weighted by Gasteiger charge is -2.17. The standard InChI is InChI=1S/C14H15ClFNO/c1-3-17-14(12-6-7-13(15)18-12)10-8-9(2)4-5-11(10)16/h4-8,14,17H,3H2,1-2H3. The fourth-order valence-corrected chi connectivity index (χ4v) is 2.09. The van der Waals surface area contributed by atoms with Gasteiger partial charge in [-0.15, -0.1) is 0 Å². The number of nitrogens with one attached hydrogen (secondary N) is 1. The van der Waals surface area contributed by atoms with Crippen LogP contribution in [0.1, 0.15) is 29.9 Å². The van der Waals surface area contributed by atoms with E-state index in [1.165, 1.54) is 6.07 Å². The lowest BCUT2D eigenvalue weighted by atomic mass is 10.0. The van der Waals surface area contributed by atoms with Gasteiger partial charge in [-0.05, 0) is 43.3 Å². The second-order valence-corrected chi connectivity index (χ2v) is 4.53. The van der Waals surface area contributed by atoms with Crippen molar-refractivity contribution in [3.8, 4) is 0 Å². The number of benzene rings is 1. The molecule has 0 bridgehead atoms. The lowest BCUT2D eigenvalue weighted by molar-refractivity contribution is 0.442. The zero-order valence-electron chi connectivity index (χ0n) is 10.3. The highest BCUT2D eigenvalue weighted by Crippen LogP contribution is 2.28. The van der Waals surface area contributed by atoms with E-state index < -0.39 is 0 Å². The first-order chi connectivity index (χ1) is 8.61. The van der Waals surface area contributed by atoms with Gasteiger partial charge in [-0.3, -0.25) is 0 Å². The van der Waals surface area contributed by atoms with Gasteiger partial charge in [-0.2, -0.15) is 0 Å². The normalized spacial score (nSPS) is 12.7. The first kappa shape index (κ1) is 13.1. The van der Waals surface area contributed by atoms with E-state index in [2.05, 4.69) is 5.32 Å². The van der Waals surface area contributed by atoms with Crippen molar-refractivity contribution in [1.82, 2.24) is 5.32 Å². The molecular formula is C14H15ClFNO. The van der Waals surface area contributed by atoms with Gasteiger partial charge in [0.05, 0.1) is 6.04 Å². The van der Waals surface area contributed by atoms with E-state index in [9.17, 15) is 4.39 Å². The highest BCUT2D eigenvalue weighted by atomic mass is 35.5. The maximum absolute atomic E-state index is 13.9. The molecule has 0 amide bonds. The van der Waals surface area contributed by atoms with Crippen LogP contribution in [-0.4, -0.2) is 6.54 Å². The van der Waals surface area contributed by atoms with Gasteiger partial charge in [0.2, 0.25) is 0 Å². The second-order valence-electron chi connectivity index (χ2n) is 4.16. The van der Waals surface area contributed by atoms with Gasteiger partial charge in [-0.25, -0.2) is 4.39 Å². The minimum absolute atomic E-state index is 0.251. The maximum Gasteiger partial charge on any atom is 0.193 e. The van der Waals surface area contributed by atoms with Crippen LogP contribution in [0, 0.1) is 12.7 Å². The fraction of sp³-hybridized carbons (Fsp3) is 0.286. The summed E-state index contributed by atoms with van der Waals surface area (Å²) >= 11 is 5.77. The highest BCUT2D eigenvalue weighted by Gasteiger charge is 2.20. The molecule has 1 atom stereocenters. The third-order valence-corrected chi connectivity index (χ3v) is 2.95. The molecule has 1 heterocycles. The summed E-state index contributed by atoms with van der Waals surface area (Å²) in [7, 11) is 0. The molecule has 2 rings (SSSR count). The third kappa shape index (κ3) is 2.74. The minimum atomic E-state index is -0.317. The summed E-state index contributed by atoms with van der Waals surface area (Å²) in [4.78, 5) is 0. The predicted molar refractivity (Wildman–Crippen MR) is 70.4 cm³/mol. The van der Waals surface area contributed by atoms with Crippen molar-refractivity contribution in [2.75, 3.05) is 6.54 Å². The van der Waals surface area contributed by atoms with Crippen LogP contribution in [0.15, 0.2) is 34.7 Å². The zero-order chi connectivity index (χ0) is 13.1. The third-order valence-electron chi connectivity index (χ3n) is 2.75. The Labute approximate surface area is 111 Å². The quantitative estimate of drug-likeness (QED) is 0.903. The van der Waals surface area contributed by atoms with E-state index in [1.54, 1.807) is 18.2 Å². The number of hydrogen-bond acceptors (Lipinski definition) is 2. The number of halogens is 2. The van der Waals surface area contributed by atoms with Crippen molar-refractivity contribution in [3.05, 3.63) is 58.3 Å². The van der Waals surface area contributed by atoms with E-state index in [0.717, 1.165) is 5.56 Å². The summed E-state index contributed by atoms with van der Waals surface area (Å²) in [5, 5.41) is 3.51. The molecule has 4 heteroatoms. The first-order valence-corrected chi connectivity index (χ1v) is 6.24. The molecule has 0 saturated heterocycles. The van der Waals surface area contributed by atoms with Crippen LogP contribution in [0.5, 0.6) is 0 Å². The van der Waals surface area contributed by atoms with E-state index >= 15 is 0 Å². The molecule has 18 heavy (non-hydrogen) atoms. The summed E-state index contributed by atoms with van der Waals surface area (Å²) in [6.07, 6.45) is 0. The van der Waals surface area contributed by atoms with Gasteiger partial charge in [-0.1, -0.05) is 24.6 Å². The first-order valence-electron chi connectivity index (χ1n) is 5.86. The smallest absolute Gasteiger partial charge is 0.193 e. The summed E-state index contributed by atoms with van der Waals surface area (Å²) in [5.74, 6) is 0.366. The summed E-state index contributed by atoms with van der Waals surface area (Å²) in [6, 6.07) is 8.14. The van der Waals surface area contributed by atoms with Crippen molar-refractivity contribution < 1.29 is 8.81 Å². The van der Waals surface area contributed by atoms with Crippen LogP contribution in [0.3, 0.4) is 0 Å². The van der Waals surface area contributed by atoms with E-state index in [4.69, 9.17) is 16.0 Å². The van der Waals surface area contributed by atoms with Crippen molar-refractivity contribution >= 4 is 11.6 Å². The monoisotopic (exact) mass is 267 g/mol. The number of hydrogen-bond donors (Lipinski definition) is 1. The molecule has 0 aliphatic rings. The molecule has 0 fully saturated rings. The Morgan fingerprint density at radius 3 is 2.72 bits per heavy atom. The molecule has 0 radical (unpaired) electrons. The average molecular weight is 268 g/mol. The molecule has 2 nitrogen and oxygen atoms in total. The van der Waals surface area contributed by atoms with Crippen LogP contribution in [0.2, 0.25) is 5.22 Å². The Morgan fingerprint density at radius 2 is 2.11 bits per heavy atom. The minimum Gasteiger partial charge on any atom is -0.448 e. The number of aryl methyl sites for hydroxylation is 1. The second kappa shape index (κ2) is 5.55. The number of rotatable bonds is 4. The van der Waals surface area contributed by atoms with Gasteiger partial charge in [0, 0.05) is 5.56 Å². The molecule has 0 aliphatic carbocycles. The molecule has 1 aromatic carbocycles. The van der Waals surface area contributed by atoms with E-state index in [0.29, 0.717) is 23.1 Å². The van der Waals surface area contributed by atoms with Crippen LogP contribution < -0.4 is 5.32 Å². The van der Waals surface area contributed by atoms with Crippen molar-refractivity contribution in [2.24, 2.45) is 0 Å². The van der Waals surface area contributed by atoms with Crippen LogP contribution in [0.4, 0.5) is 4.39 Å². The Morgan fingerprint density at radius 1 is 1.33 bits per heavy atom. The Kier molecular flexibility index (Phi) is 4.04. The Bertz CT molecular complexity index is 538. The van der Waals surface area contributed by atoms with Crippen molar-refractivity contribution in [2.45, 2.75) is 19.9 Å². The molecule has 2 aromatic rings. The molecule has 0 spiro atoms. The van der Waals surface area contributed by atoms with E-state index in [1.807, 2.05) is 19.9 Å². The Balaban J connectivity index is 2.44. The molecule has 0 saturated carbocycles. The summed E-state index contributed by atoms with van der Waals surface area (Å²) in [6.45, 7) is 4.60. The summed E-state index contributed by atoms with van der Waals surface area (Å²) in [5.41, 5.74) is 1.58. The lowest BCUT2D eigenvalue weighted by Crippen LogP contribution is -2.22. The van der Waals surface area contributed by atoms with Crippen LogP contribution in [0.25, 0.3) is 0 Å². The molecule has 96 valence electrons. The predicted octanol–water partition coefficient (Wildman–Crippen LogP) is 4.08. The van der Waals surface area contributed by atoms with Crippen LogP contribution in [-0.2, 0) is 0 Å². The SMILES string of the molecule is CCNC(c1ccc(Cl)o1)c1cc(C)ccc1F. The van der Waals surface area contributed by atoms with Gasteiger partial charge < -0.3 is 9.73 Å². The highest BCUT2D eigenvalue weighted by molar-refractivity contribution is 6.28. The number of furan rings is 1. The van der Waals surface area contributed by atoms with Gasteiger partial charge in [0.15, 0.2) is 5.22 Å². The van der Waals surface area contributed by atoms with Crippen LogP contribution >= 0.6 is 11.6 Å². The van der Waals surface area contributed by atoms with E-state index in [-0.39, 0.29) is 11.9 Å². The van der Waals surface area contributed by atoms with Gasteiger partial charge in [0.1, 0.15) is 11.6 Å². The van der Waals surface area contributed by atoms with Gasteiger partial charge >= 0.3 is 0 Å². The largest absolute Gasteiger partial charge is 0.448 e. The van der Waals surface area contributed by atoms with Crippen molar-refractivity contribution in [1.29, 1.82) is 0 Å². The van der Waals surface area contributed by atoms with Crippen molar-refractivity contribution in [3.63, 3.8) is 0 Å². The molecule has 1 N–H and O–H groups in total.